The predicted molar refractivity (Wildman–Crippen MR) is 111 cm³/mol. The molecule has 1 aliphatic carbocycles. The molecule has 24 heavy (non-hydrogen) atoms. The Morgan fingerprint density at radius 3 is 2.79 bits per heavy atom. The summed E-state index contributed by atoms with van der Waals surface area (Å²) in [5.41, 5.74) is 4.06. The Balaban J connectivity index is 2.30. The Morgan fingerprint density at radius 2 is 2.21 bits per heavy atom. The van der Waals surface area contributed by atoms with Crippen LogP contribution in [0.4, 0.5) is 0 Å². The lowest BCUT2D eigenvalue weighted by Crippen LogP contribution is -2.06. The van der Waals surface area contributed by atoms with Crippen molar-refractivity contribution in [3.8, 4) is 0 Å². The fourth-order valence-electron chi connectivity index (χ4n) is 2.33. The second kappa shape index (κ2) is 9.69. The maximum absolute atomic E-state index is 4.80. The summed E-state index contributed by atoms with van der Waals surface area (Å²) in [6, 6.07) is 0. The number of rotatable bonds is 10. The van der Waals surface area contributed by atoms with Crippen LogP contribution in [0.15, 0.2) is 31.8 Å². The SMILES string of the molecule is C=NCS/C=C(\N=C)c1csc(/C(=C/CC)C(=NCC)C2CC2)n1. The average Bonchev–Trinajstić information content (AvgIpc) is 3.32. The summed E-state index contributed by atoms with van der Waals surface area (Å²) >= 11 is 3.19. The number of nitrogens with zero attached hydrogens (tertiary/aromatic N) is 4. The van der Waals surface area contributed by atoms with E-state index in [9.17, 15) is 0 Å². The van der Waals surface area contributed by atoms with E-state index >= 15 is 0 Å². The van der Waals surface area contributed by atoms with Crippen molar-refractivity contribution < 1.29 is 0 Å². The van der Waals surface area contributed by atoms with Crippen molar-refractivity contribution in [2.75, 3.05) is 12.4 Å². The van der Waals surface area contributed by atoms with Gasteiger partial charge in [-0.3, -0.25) is 15.0 Å². The molecule has 128 valence electrons. The second-order valence-corrected chi connectivity index (χ2v) is 7.06. The molecule has 1 aromatic rings. The van der Waals surface area contributed by atoms with Gasteiger partial charge in [0.2, 0.25) is 0 Å². The van der Waals surface area contributed by atoms with Crippen LogP contribution in [0.3, 0.4) is 0 Å². The number of hydrogen-bond donors (Lipinski definition) is 0. The second-order valence-electron chi connectivity index (χ2n) is 5.38. The maximum atomic E-state index is 4.80. The molecule has 1 aliphatic rings. The molecule has 2 rings (SSSR count). The van der Waals surface area contributed by atoms with Crippen LogP contribution in [0.5, 0.6) is 0 Å². The first-order valence-electron chi connectivity index (χ1n) is 8.17. The lowest BCUT2D eigenvalue weighted by atomic mass is 10.1. The molecule has 0 unspecified atom stereocenters. The first-order chi connectivity index (χ1) is 11.7. The minimum atomic E-state index is 0.603. The highest BCUT2D eigenvalue weighted by molar-refractivity contribution is 8.02. The van der Waals surface area contributed by atoms with Gasteiger partial charge in [0.05, 0.1) is 11.6 Å². The van der Waals surface area contributed by atoms with Crippen LogP contribution in [-0.2, 0) is 0 Å². The largest absolute Gasteiger partial charge is 0.290 e. The first kappa shape index (κ1) is 18.8. The molecule has 0 amide bonds. The highest BCUT2D eigenvalue weighted by Gasteiger charge is 2.31. The van der Waals surface area contributed by atoms with Crippen molar-refractivity contribution in [1.82, 2.24) is 4.98 Å². The van der Waals surface area contributed by atoms with Gasteiger partial charge in [-0.1, -0.05) is 13.0 Å². The van der Waals surface area contributed by atoms with Gasteiger partial charge < -0.3 is 0 Å². The van der Waals surface area contributed by atoms with Gasteiger partial charge in [-0.2, -0.15) is 0 Å². The summed E-state index contributed by atoms with van der Waals surface area (Å²) in [4.78, 5) is 17.5. The summed E-state index contributed by atoms with van der Waals surface area (Å²) < 4.78 is 0. The molecule has 0 saturated heterocycles. The van der Waals surface area contributed by atoms with Gasteiger partial charge in [0, 0.05) is 34.5 Å². The highest BCUT2D eigenvalue weighted by Crippen LogP contribution is 2.37. The van der Waals surface area contributed by atoms with Crippen LogP contribution in [0.2, 0.25) is 0 Å². The lowest BCUT2D eigenvalue weighted by molar-refractivity contribution is 1.08. The molecule has 4 nitrogen and oxygen atoms in total. The van der Waals surface area contributed by atoms with E-state index in [0.29, 0.717) is 11.8 Å². The van der Waals surface area contributed by atoms with Gasteiger partial charge in [0.15, 0.2) is 0 Å². The van der Waals surface area contributed by atoms with Gasteiger partial charge >= 0.3 is 0 Å². The zero-order valence-corrected chi connectivity index (χ0v) is 16.0. The number of aromatic nitrogens is 1. The van der Waals surface area contributed by atoms with E-state index in [4.69, 9.17) is 9.98 Å². The van der Waals surface area contributed by atoms with Gasteiger partial charge in [0.1, 0.15) is 10.7 Å². The summed E-state index contributed by atoms with van der Waals surface area (Å²) in [5.74, 6) is 1.21. The van der Waals surface area contributed by atoms with E-state index in [1.54, 1.807) is 11.3 Å². The molecule has 1 heterocycles. The van der Waals surface area contributed by atoms with Crippen molar-refractivity contribution in [3.63, 3.8) is 0 Å². The van der Waals surface area contributed by atoms with Gasteiger partial charge in [-0.25, -0.2) is 4.98 Å². The molecule has 0 radical (unpaired) electrons. The molecule has 0 aliphatic heterocycles. The standard InChI is InChI=1S/C18H24N4S2/c1-5-7-14(17(21-6-2)13-8-9-13)18-22-16(11-24-18)15(20-4)10-23-12-19-3/h7,10-11,13H,3-6,8-9,12H2,1-2H3/b14-7+,15-10-,21-17?. The van der Waals surface area contributed by atoms with Gasteiger partial charge in [-0.05, 0) is 39.6 Å². The number of allylic oxidation sites excluding steroid dienone is 2. The number of aliphatic imine (C=N–C) groups is 3. The minimum Gasteiger partial charge on any atom is -0.290 e. The quantitative estimate of drug-likeness (QED) is 0.425. The van der Waals surface area contributed by atoms with E-state index in [-0.39, 0.29) is 0 Å². The van der Waals surface area contributed by atoms with Crippen molar-refractivity contribution in [3.05, 3.63) is 27.6 Å². The van der Waals surface area contributed by atoms with E-state index in [1.807, 2.05) is 10.8 Å². The summed E-state index contributed by atoms with van der Waals surface area (Å²) in [6.07, 6.45) is 5.70. The zero-order valence-electron chi connectivity index (χ0n) is 14.4. The summed E-state index contributed by atoms with van der Waals surface area (Å²) in [7, 11) is 0. The predicted octanol–water partition coefficient (Wildman–Crippen LogP) is 5.20. The topological polar surface area (TPSA) is 50.0 Å². The van der Waals surface area contributed by atoms with E-state index in [1.165, 1.54) is 35.9 Å². The van der Waals surface area contributed by atoms with E-state index < -0.39 is 0 Å². The van der Waals surface area contributed by atoms with E-state index in [2.05, 4.69) is 43.3 Å². The minimum absolute atomic E-state index is 0.603. The Kier molecular flexibility index (Phi) is 7.59. The van der Waals surface area contributed by atoms with Crippen molar-refractivity contribution in [2.45, 2.75) is 33.1 Å². The Morgan fingerprint density at radius 1 is 1.42 bits per heavy atom. The molecule has 1 saturated carbocycles. The normalized spacial score (nSPS) is 16.3. The molecule has 0 N–H and O–H groups in total. The van der Waals surface area contributed by atoms with Crippen LogP contribution < -0.4 is 0 Å². The molecular formula is C18H24N4S2. The summed E-state index contributed by atoms with van der Waals surface area (Å²) in [6.45, 7) is 12.2. The zero-order chi connectivity index (χ0) is 17.4. The van der Waals surface area contributed by atoms with Crippen LogP contribution in [0.1, 0.15) is 43.8 Å². The first-order valence-corrected chi connectivity index (χ1v) is 10.1. The number of thiazole rings is 1. The van der Waals surface area contributed by atoms with Gasteiger partial charge in [-0.15, -0.1) is 23.1 Å². The van der Waals surface area contributed by atoms with Crippen molar-refractivity contribution in [1.29, 1.82) is 0 Å². The Bertz CT molecular complexity index is 666. The van der Waals surface area contributed by atoms with Crippen LogP contribution in [0.25, 0.3) is 11.3 Å². The molecule has 0 aromatic carbocycles. The molecule has 0 bridgehead atoms. The van der Waals surface area contributed by atoms with Crippen molar-refractivity contribution >= 4 is 53.5 Å². The monoisotopic (exact) mass is 360 g/mol. The van der Waals surface area contributed by atoms with Crippen LogP contribution >= 0.6 is 23.1 Å². The third kappa shape index (κ3) is 4.98. The van der Waals surface area contributed by atoms with Crippen molar-refractivity contribution in [2.24, 2.45) is 20.9 Å². The molecule has 1 fully saturated rings. The maximum Gasteiger partial charge on any atom is 0.125 e. The van der Waals surface area contributed by atoms with Crippen LogP contribution in [-0.4, -0.2) is 36.6 Å². The van der Waals surface area contributed by atoms with Gasteiger partial charge in [0.25, 0.3) is 0 Å². The third-order valence-corrected chi connectivity index (χ3v) is 5.10. The fraction of sp³-hybridized carbons (Fsp3) is 0.444. The smallest absolute Gasteiger partial charge is 0.125 e. The molecular weight excluding hydrogens is 336 g/mol. The molecule has 0 spiro atoms. The lowest BCUT2D eigenvalue weighted by Gasteiger charge is -2.08. The highest BCUT2D eigenvalue weighted by atomic mass is 32.2. The number of hydrogen-bond acceptors (Lipinski definition) is 6. The average molecular weight is 361 g/mol. The molecule has 0 atom stereocenters. The van der Waals surface area contributed by atoms with E-state index in [0.717, 1.165) is 29.4 Å². The molecule has 6 heteroatoms. The third-order valence-electron chi connectivity index (χ3n) is 3.50. The Hall–Kier alpha value is -1.53. The van der Waals surface area contributed by atoms with Crippen LogP contribution in [0, 0.1) is 5.92 Å². The summed E-state index contributed by atoms with van der Waals surface area (Å²) in [5, 5.41) is 5.00. The number of thioether (sulfide) groups is 1. The fourth-order valence-corrected chi connectivity index (χ4v) is 3.73. The Labute approximate surface area is 152 Å². The molecule has 1 aromatic heterocycles.